The van der Waals surface area contributed by atoms with E-state index in [4.69, 9.17) is 28.8 Å². The smallest absolute Gasteiger partial charge is 0.147 e. The molecular weight excluding hydrogens is 324 g/mol. The van der Waals surface area contributed by atoms with E-state index in [0.29, 0.717) is 0 Å². The quantitative estimate of drug-likeness (QED) is 0.426. The third kappa shape index (κ3) is 6.96. The number of aliphatic hydroxyl groups is 1. The summed E-state index contributed by atoms with van der Waals surface area (Å²) in [6.45, 7) is 8.73. The van der Waals surface area contributed by atoms with Gasteiger partial charge in [0.15, 0.2) is 0 Å². The van der Waals surface area contributed by atoms with Crippen LogP contribution in [0.4, 0.5) is 0 Å². The van der Waals surface area contributed by atoms with Crippen LogP contribution in [0, 0.1) is 0 Å². The number of ether oxygens (including phenoxy) is 5. The van der Waals surface area contributed by atoms with Gasteiger partial charge in [-0.1, -0.05) is 11.6 Å². The number of hydrogen-bond donors (Lipinski definition) is 1. The third-order valence-electron chi connectivity index (χ3n) is 4.95. The lowest BCUT2D eigenvalue weighted by Crippen LogP contribution is -2.46. The second-order valence-electron chi connectivity index (χ2n) is 7.45. The standard InChI is InChI=1S/C19H36O6/c1-15(10-12-20)7-8-17(23-13-21-5)19(4)11-9-16(25-19)18(2,3)24-14-22-6/h10,16-17,20H,7-9,11-14H2,1-6H3/b15-10+/t16-,17-,19+/m1/s1. The van der Waals surface area contributed by atoms with Crippen LogP contribution in [0.2, 0.25) is 0 Å². The van der Waals surface area contributed by atoms with E-state index in [-0.39, 0.29) is 32.4 Å². The Balaban J connectivity index is 2.74. The Labute approximate surface area is 152 Å². The summed E-state index contributed by atoms with van der Waals surface area (Å²) in [6.07, 6.45) is 5.19. The Morgan fingerprint density at radius 1 is 1.32 bits per heavy atom. The molecule has 1 aliphatic rings. The Hall–Kier alpha value is -0.500. The summed E-state index contributed by atoms with van der Waals surface area (Å²) in [7, 11) is 3.24. The van der Waals surface area contributed by atoms with Gasteiger partial charge in [0, 0.05) is 14.2 Å². The van der Waals surface area contributed by atoms with Crippen molar-refractivity contribution >= 4 is 0 Å². The fraction of sp³-hybridized carbons (Fsp3) is 0.895. The molecule has 6 nitrogen and oxygen atoms in total. The molecule has 1 rings (SSSR count). The number of aliphatic hydroxyl groups excluding tert-OH is 1. The Morgan fingerprint density at radius 3 is 2.60 bits per heavy atom. The molecule has 1 fully saturated rings. The maximum atomic E-state index is 9.02. The molecule has 25 heavy (non-hydrogen) atoms. The van der Waals surface area contributed by atoms with Gasteiger partial charge in [-0.3, -0.25) is 0 Å². The van der Waals surface area contributed by atoms with Gasteiger partial charge in [-0.15, -0.1) is 0 Å². The second-order valence-corrected chi connectivity index (χ2v) is 7.45. The first-order chi connectivity index (χ1) is 11.8. The molecule has 0 aliphatic carbocycles. The monoisotopic (exact) mass is 360 g/mol. The van der Waals surface area contributed by atoms with Crippen molar-refractivity contribution in [1.29, 1.82) is 0 Å². The van der Waals surface area contributed by atoms with Crippen molar-refractivity contribution in [2.45, 2.75) is 76.8 Å². The molecule has 0 radical (unpaired) electrons. The van der Waals surface area contributed by atoms with Crippen LogP contribution in [0.1, 0.15) is 53.4 Å². The zero-order valence-corrected chi connectivity index (χ0v) is 16.7. The fourth-order valence-corrected chi connectivity index (χ4v) is 3.22. The van der Waals surface area contributed by atoms with Crippen LogP contribution in [0.3, 0.4) is 0 Å². The van der Waals surface area contributed by atoms with Crippen LogP contribution < -0.4 is 0 Å². The first-order valence-electron chi connectivity index (χ1n) is 8.96. The van der Waals surface area contributed by atoms with Crippen LogP contribution in [-0.2, 0) is 23.7 Å². The minimum atomic E-state index is -0.424. The number of hydrogen-bond acceptors (Lipinski definition) is 6. The zero-order chi connectivity index (χ0) is 18.9. The van der Waals surface area contributed by atoms with E-state index in [0.717, 1.165) is 31.3 Å². The lowest BCUT2D eigenvalue weighted by Gasteiger charge is -2.37. The van der Waals surface area contributed by atoms with Gasteiger partial charge < -0.3 is 28.8 Å². The summed E-state index contributed by atoms with van der Waals surface area (Å²) in [6, 6.07) is 0. The van der Waals surface area contributed by atoms with Crippen molar-refractivity contribution in [1.82, 2.24) is 0 Å². The van der Waals surface area contributed by atoms with Crippen molar-refractivity contribution in [3.05, 3.63) is 11.6 Å². The van der Waals surface area contributed by atoms with E-state index < -0.39 is 11.2 Å². The van der Waals surface area contributed by atoms with Crippen molar-refractivity contribution in [2.75, 3.05) is 34.4 Å². The predicted molar refractivity (Wildman–Crippen MR) is 96.4 cm³/mol. The van der Waals surface area contributed by atoms with Crippen LogP contribution >= 0.6 is 0 Å². The molecular formula is C19H36O6. The van der Waals surface area contributed by atoms with Gasteiger partial charge in [0.25, 0.3) is 0 Å². The van der Waals surface area contributed by atoms with Gasteiger partial charge in [0.1, 0.15) is 13.6 Å². The minimum Gasteiger partial charge on any atom is -0.392 e. The molecule has 0 spiro atoms. The van der Waals surface area contributed by atoms with Crippen LogP contribution in [0.25, 0.3) is 0 Å². The molecule has 0 amide bonds. The lowest BCUT2D eigenvalue weighted by molar-refractivity contribution is -0.212. The first kappa shape index (κ1) is 22.5. The Bertz CT molecular complexity index is 409. The minimum absolute atomic E-state index is 0.0182. The average molecular weight is 360 g/mol. The van der Waals surface area contributed by atoms with Crippen molar-refractivity contribution in [2.24, 2.45) is 0 Å². The van der Waals surface area contributed by atoms with Crippen molar-refractivity contribution < 1.29 is 28.8 Å². The third-order valence-corrected chi connectivity index (χ3v) is 4.95. The second kappa shape index (κ2) is 10.6. The average Bonchev–Trinajstić information content (AvgIpc) is 2.97. The highest BCUT2D eigenvalue weighted by Gasteiger charge is 2.48. The molecule has 0 aromatic rings. The maximum absolute atomic E-state index is 9.02. The van der Waals surface area contributed by atoms with E-state index in [1.165, 1.54) is 0 Å². The van der Waals surface area contributed by atoms with Gasteiger partial charge in [0.2, 0.25) is 0 Å². The summed E-state index contributed by atoms with van der Waals surface area (Å²) in [5.41, 5.74) is 0.332. The molecule has 0 saturated carbocycles. The van der Waals surface area contributed by atoms with Crippen LogP contribution in [-0.4, -0.2) is 62.9 Å². The molecule has 0 aromatic heterocycles. The molecule has 3 atom stereocenters. The van der Waals surface area contributed by atoms with E-state index in [1.54, 1.807) is 14.2 Å². The summed E-state index contributed by atoms with van der Waals surface area (Å²) in [5, 5.41) is 9.02. The Morgan fingerprint density at radius 2 is 2.00 bits per heavy atom. The number of allylic oxidation sites excluding steroid dienone is 1. The lowest BCUT2D eigenvalue weighted by atomic mass is 9.90. The normalized spacial score (nSPS) is 26.2. The summed E-state index contributed by atoms with van der Waals surface area (Å²) >= 11 is 0. The van der Waals surface area contributed by atoms with Crippen molar-refractivity contribution in [3.63, 3.8) is 0 Å². The van der Waals surface area contributed by atoms with Gasteiger partial charge in [-0.05, 0) is 53.4 Å². The van der Waals surface area contributed by atoms with Gasteiger partial charge in [0.05, 0.1) is 30.0 Å². The molecule has 0 unspecified atom stereocenters. The van der Waals surface area contributed by atoms with E-state index in [1.807, 2.05) is 26.8 Å². The predicted octanol–water partition coefficient (Wildman–Crippen LogP) is 3.03. The summed E-state index contributed by atoms with van der Waals surface area (Å²) in [5.74, 6) is 0. The van der Waals surface area contributed by atoms with Crippen molar-refractivity contribution in [3.8, 4) is 0 Å². The van der Waals surface area contributed by atoms with Gasteiger partial charge in [-0.25, -0.2) is 0 Å². The summed E-state index contributed by atoms with van der Waals surface area (Å²) < 4.78 is 28.3. The molecule has 0 aromatic carbocycles. The maximum Gasteiger partial charge on any atom is 0.147 e. The Kier molecular flexibility index (Phi) is 9.56. The molecule has 0 bridgehead atoms. The fourth-order valence-electron chi connectivity index (χ4n) is 3.22. The van der Waals surface area contributed by atoms with Crippen LogP contribution in [0.15, 0.2) is 11.6 Å². The topological polar surface area (TPSA) is 66.4 Å². The number of rotatable bonds is 12. The largest absolute Gasteiger partial charge is 0.392 e. The highest BCUT2D eigenvalue weighted by molar-refractivity contribution is 5.01. The summed E-state index contributed by atoms with van der Waals surface area (Å²) in [4.78, 5) is 0. The number of methoxy groups -OCH3 is 2. The van der Waals surface area contributed by atoms with E-state index in [9.17, 15) is 0 Å². The van der Waals surface area contributed by atoms with Crippen LogP contribution in [0.5, 0.6) is 0 Å². The van der Waals surface area contributed by atoms with E-state index in [2.05, 4.69) is 6.92 Å². The van der Waals surface area contributed by atoms with E-state index >= 15 is 0 Å². The van der Waals surface area contributed by atoms with Gasteiger partial charge >= 0.3 is 0 Å². The molecule has 1 saturated heterocycles. The highest BCUT2D eigenvalue weighted by Crippen LogP contribution is 2.41. The zero-order valence-electron chi connectivity index (χ0n) is 16.7. The molecule has 1 heterocycles. The highest BCUT2D eigenvalue weighted by atomic mass is 16.7. The first-order valence-corrected chi connectivity index (χ1v) is 8.96. The SMILES string of the molecule is COCO[C@H](CC/C(C)=C/CO)[C@]1(C)CC[C@H](C(C)(C)OCOC)O1. The van der Waals surface area contributed by atoms with Gasteiger partial charge in [-0.2, -0.15) is 0 Å². The molecule has 1 N–H and O–H groups in total. The molecule has 1 aliphatic heterocycles. The molecule has 148 valence electrons. The molecule has 6 heteroatoms.